The number of aliphatic hydroxyl groups is 1. The third-order valence-corrected chi connectivity index (χ3v) is 1.99. The van der Waals surface area contributed by atoms with Gasteiger partial charge in [-0.2, -0.15) is 5.10 Å². The number of hydrogen-bond acceptors (Lipinski definition) is 3. The van der Waals surface area contributed by atoms with E-state index in [1.54, 1.807) is 6.07 Å². The van der Waals surface area contributed by atoms with Crippen molar-refractivity contribution in [2.75, 3.05) is 6.54 Å². The van der Waals surface area contributed by atoms with Gasteiger partial charge in [0.2, 0.25) is 0 Å². The average Bonchev–Trinajstić information content (AvgIpc) is 2.66. The van der Waals surface area contributed by atoms with E-state index in [0.29, 0.717) is 5.69 Å². The lowest BCUT2D eigenvalue weighted by atomic mass is 10.1. The maximum atomic E-state index is 11.3. The lowest BCUT2D eigenvalue weighted by Crippen LogP contribution is -2.34. The Kier molecular flexibility index (Phi) is 3.64. The second kappa shape index (κ2) is 4.76. The van der Waals surface area contributed by atoms with Gasteiger partial charge in [0, 0.05) is 12.7 Å². The third kappa shape index (κ3) is 2.85. The molecule has 1 aromatic heterocycles. The van der Waals surface area contributed by atoms with Crippen LogP contribution in [0.15, 0.2) is 12.3 Å². The monoisotopic (exact) mass is 197 g/mol. The molecule has 0 radical (unpaired) electrons. The van der Waals surface area contributed by atoms with Crippen LogP contribution in [0, 0.1) is 5.92 Å². The number of rotatable bonds is 4. The minimum absolute atomic E-state index is 0.136. The van der Waals surface area contributed by atoms with Crippen molar-refractivity contribution in [3.63, 3.8) is 0 Å². The van der Waals surface area contributed by atoms with Crippen molar-refractivity contribution >= 4 is 5.91 Å². The Morgan fingerprint density at radius 3 is 2.93 bits per heavy atom. The van der Waals surface area contributed by atoms with Gasteiger partial charge in [-0.1, -0.05) is 13.8 Å². The molecule has 0 bridgehead atoms. The van der Waals surface area contributed by atoms with E-state index in [1.165, 1.54) is 6.20 Å². The lowest BCUT2D eigenvalue weighted by molar-refractivity contribution is 0.0867. The van der Waals surface area contributed by atoms with Gasteiger partial charge in [-0.25, -0.2) is 0 Å². The van der Waals surface area contributed by atoms with Crippen LogP contribution in [0.4, 0.5) is 0 Å². The molecule has 14 heavy (non-hydrogen) atoms. The molecule has 0 saturated heterocycles. The van der Waals surface area contributed by atoms with Crippen molar-refractivity contribution in [3.05, 3.63) is 18.0 Å². The molecule has 1 aromatic rings. The second-order valence-electron chi connectivity index (χ2n) is 3.49. The summed E-state index contributed by atoms with van der Waals surface area (Å²) in [6.07, 6.45) is 0.996. The summed E-state index contributed by atoms with van der Waals surface area (Å²) in [4.78, 5) is 11.3. The van der Waals surface area contributed by atoms with Crippen LogP contribution in [0.3, 0.4) is 0 Å². The van der Waals surface area contributed by atoms with Crippen LogP contribution in [-0.2, 0) is 0 Å². The summed E-state index contributed by atoms with van der Waals surface area (Å²) in [5, 5.41) is 18.2. The molecule has 1 rings (SSSR count). The summed E-state index contributed by atoms with van der Waals surface area (Å²) in [7, 11) is 0. The van der Waals surface area contributed by atoms with E-state index in [0.717, 1.165) is 0 Å². The maximum absolute atomic E-state index is 11.3. The molecule has 0 aliphatic heterocycles. The standard InChI is InChI=1S/C9H15N3O2/c1-6(2)8(13)5-10-9(14)7-3-4-11-12-7/h3-4,6,8,13H,5H2,1-2H3,(H,10,14)(H,11,12). The Hall–Kier alpha value is -1.36. The molecule has 78 valence electrons. The van der Waals surface area contributed by atoms with E-state index in [9.17, 15) is 9.90 Å². The summed E-state index contributed by atoms with van der Waals surface area (Å²) in [6, 6.07) is 1.58. The molecule has 1 atom stereocenters. The molecule has 5 nitrogen and oxygen atoms in total. The number of H-pyrrole nitrogens is 1. The smallest absolute Gasteiger partial charge is 0.269 e. The Balaban J connectivity index is 2.36. The maximum Gasteiger partial charge on any atom is 0.269 e. The molecule has 0 spiro atoms. The zero-order chi connectivity index (χ0) is 10.6. The number of carbonyl (C=O) groups excluding carboxylic acids is 1. The van der Waals surface area contributed by atoms with Gasteiger partial charge in [-0.15, -0.1) is 0 Å². The normalized spacial score (nSPS) is 12.9. The predicted octanol–water partition coefficient (Wildman–Crippen LogP) is 0.156. The SMILES string of the molecule is CC(C)C(O)CNC(=O)c1ccn[nH]1. The first-order valence-electron chi connectivity index (χ1n) is 4.57. The fraction of sp³-hybridized carbons (Fsp3) is 0.556. The molecule has 0 aromatic carbocycles. The topological polar surface area (TPSA) is 78.0 Å². The molecule has 1 amide bonds. The van der Waals surface area contributed by atoms with Crippen molar-refractivity contribution in [2.45, 2.75) is 20.0 Å². The minimum Gasteiger partial charge on any atom is -0.391 e. The molecule has 0 saturated carbocycles. The Labute approximate surface area is 82.5 Å². The number of aromatic nitrogens is 2. The average molecular weight is 197 g/mol. The summed E-state index contributed by atoms with van der Waals surface area (Å²) >= 11 is 0. The largest absolute Gasteiger partial charge is 0.391 e. The molecule has 5 heteroatoms. The molecular formula is C9H15N3O2. The number of carbonyl (C=O) groups is 1. The highest BCUT2D eigenvalue weighted by Gasteiger charge is 2.12. The third-order valence-electron chi connectivity index (χ3n) is 1.99. The van der Waals surface area contributed by atoms with Gasteiger partial charge >= 0.3 is 0 Å². The van der Waals surface area contributed by atoms with Gasteiger partial charge in [-0.05, 0) is 12.0 Å². The van der Waals surface area contributed by atoms with E-state index >= 15 is 0 Å². The van der Waals surface area contributed by atoms with Gasteiger partial charge in [0.05, 0.1) is 6.10 Å². The quantitative estimate of drug-likeness (QED) is 0.643. The Bertz CT molecular complexity index is 282. The van der Waals surface area contributed by atoms with Crippen molar-refractivity contribution in [1.82, 2.24) is 15.5 Å². The van der Waals surface area contributed by atoms with Crippen LogP contribution in [-0.4, -0.2) is 33.9 Å². The second-order valence-corrected chi connectivity index (χ2v) is 3.49. The van der Waals surface area contributed by atoms with E-state index in [1.807, 2.05) is 13.8 Å². The Morgan fingerprint density at radius 1 is 1.71 bits per heavy atom. The molecule has 1 unspecified atom stereocenters. The predicted molar refractivity (Wildman–Crippen MR) is 51.8 cm³/mol. The van der Waals surface area contributed by atoms with E-state index in [-0.39, 0.29) is 18.4 Å². The molecule has 3 N–H and O–H groups in total. The minimum atomic E-state index is -0.512. The van der Waals surface area contributed by atoms with Crippen molar-refractivity contribution < 1.29 is 9.90 Å². The lowest BCUT2D eigenvalue weighted by Gasteiger charge is -2.14. The first-order valence-corrected chi connectivity index (χ1v) is 4.57. The first kappa shape index (κ1) is 10.7. The molecule has 1 heterocycles. The summed E-state index contributed by atoms with van der Waals surface area (Å²) < 4.78 is 0. The number of aliphatic hydroxyl groups excluding tert-OH is 1. The highest BCUT2D eigenvalue weighted by Crippen LogP contribution is 1.99. The number of nitrogens with zero attached hydrogens (tertiary/aromatic N) is 1. The molecular weight excluding hydrogens is 182 g/mol. The van der Waals surface area contributed by atoms with Crippen LogP contribution in [0.1, 0.15) is 24.3 Å². The fourth-order valence-electron chi connectivity index (χ4n) is 0.911. The van der Waals surface area contributed by atoms with Crippen molar-refractivity contribution in [3.8, 4) is 0 Å². The van der Waals surface area contributed by atoms with Gasteiger partial charge in [0.1, 0.15) is 5.69 Å². The van der Waals surface area contributed by atoms with E-state index in [2.05, 4.69) is 15.5 Å². The van der Waals surface area contributed by atoms with Gasteiger partial charge in [0.15, 0.2) is 0 Å². The Morgan fingerprint density at radius 2 is 2.43 bits per heavy atom. The van der Waals surface area contributed by atoms with Crippen LogP contribution in [0.25, 0.3) is 0 Å². The van der Waals surface area contributed by atoms with Crippen LogP contribution >= 0.6 is 0 Å². The summed E-state index contributed by atoms with van der Waals surface area (Å²) in [6.45, 7) is 4.05. The number of nitrogens with one attached hydrogen (secondary N) is 2. The highest BCUT2D eigenvalue weighted by atomic mass is 16.3. The van der Waals surface area contributed by atoms with Crippen LogP contribution in [0.2, 0.25) is 0 Å². The number of hydrogen-bond donors (Lipinski definition) is 3. The van der Waals surface area contributed by atoms with E-state index < -0.39 is 6.10 Å². The first-order chi connectivity index (χ1) is 6.61. The fourth-order valence-corrected chi connectivity index (χ4v) is 0.911. The van der Waals surface area contributed by atoms with Gasteiger partial charge in [0.25, 0.3) is 5.91 Å². The van der Waals surface area contributed by atoms with Gasteiger partial charge < -0.3 is 10.4 Å². The van der Waals surface area contributed by atoms with E-state index in [4.69, 9.17) is 0 Å². The molecule has 0 aliphatic carbocycles. The van der Waals surface area contributed by atoms with Crippen molar-refractivity contribution in [2.24, 2.45) is 5.92 Å². The van der Waals surface area contributed by atoms with Gasteiger partial charge in [-0.3, -0.25) is 9.89 Å². The van der Waals surface area contributed by atoms with Crippen LogP contribution in [0.5, 0.6) is 0 Å². The number of aromatic amines is 1. The zero-order valence-corrected chi connectivity index (χ0v) is 8.32. The summed E-state index contributed by atoms with van der Waals surface area (Å²) in [5.41, 5.74) is 0.404. The molecule has 0 fully saturated rings. The highest BCUT2D eigenvalue weighted by molar-refractivity contribution is 5.92. The summed E-state index contributed by atoms with van der Waals surface area (Å²) in [5.74, 6) is -0.112. The number of amides is 1. The van der Waals surface area contributed by atoms with Crippen molar-refractivity contribution in [1.29, 1.82) is 0 Å². The molecule has 0 aliphatic rings. The zero-order valence-electron chi connectivity index (χ0n) is 8.32. The van der Waals surface area contributed by atoms with Crippen LogP contribution < -0.4 is 5.32 Å².